The standard InChI is InChI=1S/C17H25NO8/c1-5-10-25-15(23)8-9-18(12(19)6-7-14(21)22)13(20)11-16(24)26-17(2,3)4/h5H,1,6-11H2,2-4H3,(H,21,22). The van der Waals surface area contributed by atoms with Gasteiger partial charge in [0.1, 0.15) is 18.6 Å². The van der Waals surface area contributed by atoms with Gasteiger partial charge in [-0.05, 0) is 20.8 Å². The Bertz CT molecular complexity index is 562. The summed E-state index contributed by atoms with van der Waals surface area (Å²) in [6.45, 7) is 7.92. The van der Waals surface area contributed by atoms with Crippen molar-refractivity contribution in [2.45, 2.75) is 52.1 Å². The lowest BCUT2D eigenvalue weighted by Gasteiger charge is -2.22. The number of nitrogens with zero attached hydrogens (tertiary/aromatic N) is 1. The molecular weight excluding hydrogens is 346 g/mol. The number of carboxylic acids is 1. The Hall–Kier alpha value is -2.71. The zero-order valence-corrected chi connectivity index (χ0v) is 15.3. The van der Waals surface area contributed by atoms with E-state index in [1.54, 1.807) is 20.8 Å². The number of esters is 2. The highest BCUT2D eigenvalue weighted by atomic mass is 16.6. The molecule has 0 aliphatic rings. The summed E-state index contributed by atoms with van der Waals surface area (Å²) in [5, 5.41) is 8.66. The number of carboxylic acid groups (broad SMARTS) is 1. The van der Waals surface area contributed by atoms with Crippen LogP contribution in [0.3, 0.4) is 0 Å². The van der Waals surface area contributed by atoms with Crippen LogP contribution in [-0.4, -0.2) is 58.5 Å². The van der Waals surface area contributed by atoms with E-state index in [9.17, 15) is 24.0 Å². The minimum atomic E-state index is -1.21. The summed E-state index contributed by atoms with van der Waals surface area (Å²) in [5.41, 5.74) is -0.802. The van der Waals surface area contributed by atoms with Gasteiger partial charge in [0.25, 0.3) is 0 Å². The number of imide groups is 1. The largest absolute Gasteiger partial charge is 0.481 e. The van der Waals surface area contributed by atoms with Gasteiger partial charge >= 0.3 is 17.9 Å². The summed E-state index contributed by atoms with van der Waals surface area (Å²) >= 11 is 0. The highest BCUT2D eigenvalue weighted by molar-refractivity contribution is 6.03. The summed E-state index contributed by atoms with van der Waals surface area (Å²) in [6, 6.07) is 0. The van der Waals surface area contributed by atoms with Crippen LogP contribution >= 0.6 is 0 Å². The molecule has 0 saturated heterocycles. The molecule has 0 spiro atoms. The molecule has 2 amide bonds. The summed E-state index contributed by atoms with van der Waals surface area (Å²) in [7, 11) is 0. The fraction of sp³-hybridized carbons (Fsp3) is 0.588. The van der Waals surface area contributed by atoms with Crippen LogP contribution in [0.2, 0.25) is 0 Å². The van der Waals surface area contributed by atoms with E-state index in [1.807, 2.05) is 0 Å². The van der Waals surface area contributed by atoms with Crippen LogP contribution in [0.5, 0.6) is 0 Å². The molecule has 0 aliphatic carbocycles. The molecule has 26 heavy (non-hydrogen) atoms. The Morgan fingerprint density at radius 3 is 2.12 bits per heavy atom. The summed E-state index contributed by atoms with van der Waals surface area (Å²) in [6.07, 6.45) is -0.529. The lowest BCUT2D eigenvalue weighted by Crippen LogP contribution is -2.40. The van der Waals surface area contributed by atoms with Gasteiger partial charge in [-0.3, -0.25) is 28.9 Å². The number of carbonyl (C=O) groups is 5. The zero-order chi connectivity index (χ0) is 20.3. The third-order valence-electron chi connectivity index (χ3n) is 2.77. The molecule has 0 aromatic rings. The van der Waals surface area contributed by atoms with Crippen LogP contribution in [0.15, 0.2) is 12.7 Å². The first-order valence-corrected chi connectivity index (χ1v) is 7.99. The average Bonchev–Trinajstić information content (AvgIpc) is 2.48. The van der Waals surface area contributed by atoms with Crippen molar-refractivity contribution in [2.75, 3.05) is 13.2 Å². The maximum atomic E-state index is 12.2. The first-order valence-electron chi connectivity index (χ1n) is 7.99. The Morgan fingerprint density at radius 1 is 1.00 bits per heavy atom. The Kier molecular flexibility index (Phi) is 9.86. The molecule has 0 rings (SSSR count). The smallest absolute Gasteiger partial charge is 0.315 e. The normalized spacial score (nSPS) is 10.6. The molecule has 9 heteroatoms. The predicted octanol–water partition coefficient (Wildman–Crippen LogP) is 1.06. The van der Waals surface area contributed by atoms with E-state index in [0.29, 0.717) is 4.90 Å². The summed E-state index contributed by atoms with van der Waals surface area (Å²) < 4.78 is 9.77. The van der Waals surface area contributed by atoms with E-state index in [4.69, 9.17) is 14.6 Å². The molecule has 0 unspecified atom stereocenters. The number of ether oxygens (including phenoxy) is 2. The summed E-state index contributed by atoms with van der Waals surface area (Å²) in [4.78, 5) is 58.9. The molecule has 1 N–H and O–H groups in total. The van der Waals surface area contributed by atoms with Gasteiger partial charge in [0, 0.05) is 13.0 Å². The van der Waals surface area contributed by atoms with Crippen molar-refractivity contribution in [1.82, 2.24) is 4.90 Å². The van der Waals surface area contributed by atoms with E-state index in [2.05, 4.69) is 6.58 Å². The van der Waals surface area contributed by atoms with Crippen LogP contribution in [0.4, 0.5) is 0 Å². The van der Waals surface area contributed by atoms with Crippen LogP contribution in [0.1, 0.15) is 46.5 Å². The van der Waals surface area contributed by atoms with Crippen LogP contribution < -0.4 is 0 Å². The second-order valence-corrected chi connectivity index (χ2v) is 6.32. The molecule has 0 aromatic carbocycles. The Labute approximate surface area is 151 Å². The average molecular weight is 371 g/mol. The van der Waals surface area contributed by atoms with Crippen molar-refractivity contribution < 1.29 is 38.6 Å². The predicted molar refractivity (Wildman–Crippen MR) is 89.8 cm³/mol. The van der Waals surface area contributed by atoms with Gasteiger partial charge in [-0.25, -0.2) is 0 Å². The monoisotopic (exact) mass is 371 g/mol. The van der Waals surface area contributed by atoms with Gasteiger partial charge in [-0.15, -0.1) is 0 Å². The lowest BCUT2D eigenvalue weighted by molar-refractivity contribution is -0.159. The molecule has 0 atom stereocenters. The van der Waals surface area contributed by atoms with Gasteiger partial charge in [0.2, 0.25) is 11.8 Å². The molecule has 146 valence electrons. The molecule has 0 bridgehead atoms. The minimum absolute atomic E-state index is 0.0162. The van der Waals surface area contributed by atoms with Crippen molar-refractivity contribution in [3.63, 3.8) is 0 Å². The second kappa shape index (κ2) is 11.0. The number of hydrogen-bond donors (Lipinski definition) is 1. The lowest BCUT2D eigenvalue weighted by atomic mass is 10.2. The SMILES string of the molecule is C=CCOC(=O)CCN(C(=O)CCC(=O)O)C(=O)CC(=O)OC(C)(C)C. The van der Waals surface area contributed by atoms with E-state index < -0.39 is 54.6 Å². The maximum Gasteiger partial charge on any atom is 0.315 e. The fourth-order valence-electron chi connectivity index (χ4n) is 1.76. The molecule has 9 nitrogen and oxygen atoms in total. The number of amides is 2. The van der Waals surface area contributed by atoms with E-state index in [-0.39, 0.29) is 19.6 Å². The van der Waals surface area contributed by atoms with Crippen molar-refractivity contribution >= 4 is 29.7 Å². The zero-order valence-electron chi connectivity index (χ0n) is 15.3. The van der Waals surface area contributed by atoms with Crippen LogP contribution in [0, 0.1) is 0 Å². The van der Waals surface area contributed by atoms with Gasteiger partial charge < -0.3 is 14.6 Å². The Morgan fingerprint density at radius 2 is 1.62 bits per heavy atom. The van der Waals surface area contributed by atoms with Crippen LogP contribution in [0.25, 0.3) is 0 Å². The third-order valence-corrected chi connectivity index (χ3v) is 2.77. The van der Waals surface area contributed by atoms with Gasteiger partial charge in [0.05, 0.1) is 12.8 Å². The highest BCUT2D eigenvalue weighted by Crippen LogP contribution is 2.10. The quantitative estimate of drug-likeness (QED) is 0.343. The summed E-state index contributed by atoms with van der Waals surface area (Å²) in [5.74, 6) is -4.36. The van der Waals surface area contributed by atoms with Gasteiger partial charge in [-0.2, -0.15) is 0 Å². The topological polar surface area (TPSA) is 127 Å². The fourth-order valence-corrected chi connectivity index (χ4v) is 1.76. The first kappa shape index (κ1) is 23.3. The number of rotatable bonds is 10. The third kappa shape index (κ3) is 11.0. The van der Waals surface area contributed by atoms with E-state index in [1.165, 1.54) is 6.08 Å². The molecule has 0 heterocycles. The van der Waals surface area contributed by atoms with Crippen molar-refractivity contribution in [3.8, 4) is 0 Å². The van der Waals surface area contributed by atoms with E-state index >= 15 is 0 Å². The Balaban J connectivity index is 4.93. The molecule has 0 fully saturated rings. The second-order valence-electron chi connectivity index (χ2n) is 6.32. The number of carbonyl (C=O) groups excluding carboxylic acids is 4. The van der Waals surface area contributed by atoms with Crippen LogP contribution in [-0.2, 0) is 33.4 Å². The minimum Gasteiger partial charge on any atom is -0.481 e. The molecule has 0 saturated carbocycles. The van der Waals surface area contributed by atoms with Crippen molar-refractivity contribution in [1.29, 1.82) is 0 Å². The maximum absolute atomic E-state index is 12.2. The molecular formula is C17H25NO8. The van der Waals surface area contributed by atoms with Crippen molar-refractivity contribution in [3.05, 3.63) is 12.7 Å². The number of hydrogen-bond acceptors (Lipinski definition) is 7. The molecule has 0 aromatic heterocycles. The van der Waals surface area contributed by atoms with Gasteiger partial charge in [-0.1, -0.05) is 12.7 Å². The number of aliphatic carboxylic acids is 1. The highest BCUT2D eigenvalue weighted by Gasteiger charge is 2.27. The van der Waals surface area contributed by atoms with Crippen molar-refractivity contribution in [2.24, 2.45) is 0 Å². The first-order chi connectivity index (χ1) is 12.0. The van der Waals surface area contributed by atoms with E-state index in [0.717, 1.165) is 0 Å². The van der Waals surface area contributed by atoms with Gasteiger partial charge in [0.15, 0.2) is 0 Å². The molecule has 0 aliphatic heterocycles. The molecule has 0 radical (unpaired) electrons.